The van der Waals surface area contributed by atoms with Gasteiger partial charge in [0.1, 0.15) is 23.0 Å². The van der Waals surface area contributed by atoms with Gasteiger partial charge in [0.25, 0.3) is 0 Å². The Balaban J connectivity index is 2.11. The van der Waals surface area contributed by atoms with Gasteiger partial charge in [-0.15, -0.1) is 0 Å². The molecule has 0 aliphatic carbocycles. The van der Waals surface area contributed by atoms with E-state index >= 15 is 0 Å². The monoisotopic (exact) mass is 254 g/mol. The Morgan fingerprint density at radius 2 is 2.05 bits per heavy atom. The van der Waals surface area contributed by atoms with Crippen LogP contribution >= 0.6 is 0 Å². The lowest BCUT2D eigenvalue weighted by molar-refractivity contribution is 0.308. The van der Waals surface area contributed by atoms with Gasteiger partial charge in [0.15, 0.2) is 0 Å². The van der Waals surface area contributed by atoms with Gasteiger partial charge in [0.2, 0.25) is 0 Å². The molecule has 0 saturated heterocycles. The van der Waals surface area contributed by atoms with Crippen LogP contribution in [0.25, 0.3) is 10.9 Å². The summed E-state index contributed by atoms with van der Waals surface area (Å²) in [6.45, 7) is 2.90. The van der Waals surface area contributed by atoms with E-state index in [0.717, 1.165) is 23.1 Å². The van der Waals surface area contributed by atoms with Crippen molar-refractivity contribution in [2.45, 2.75) is 32.6 Å². The Kier molecular flexibility index (Phi) is 4.74. The van der Waals surface area contributed by atoms with Gasteiger partial charge in [0.05, 0.1) is 6.61 Å². The van der Waals surface area contributed by atoms with Crippen molar-refractivity contribution in [1.82, 2.24) is 4.98 Å². The number of unbranched alkanes of at least 4 members (excludes halogenated alkanes) is 3. The topological polar surface area (TPSA) is 45.9 Å². The van der Waals surface area contributed by atoms with Gasteiger partial charge in [0, 0.05) is 5.39 Å². The summed E-state index contributed by atoms with van der Waals surface area (Å²) >= 11 is 0. The molecule has 2 aromatic rings. The molecule has 0 atom stereocenters. The summed E-state index contributed by atoms with van der Waals surface area (Å²) in [4.78, 5) is 4.32. The first-order chi connectivity index (χ1) is 9.35. The minimum Gasteiger partial charge on any atom is -0.491 e. The Morgan fingerprint density at radius 3 is 2.84 bits per heavy atom. The third-order valence-electron chi connectivity index (χ3n) is 3.05. The fraction of sp³-hybridized carbons (Fsp3) is 0.375. The smallest absolute Gasteiger partial charge is 0.145 e. The van der Waals surface area contributed by atoms with Crippen LogP contribution in [0, 0.1) is 11.3 Å². The summed E-state index contributed by atoms with van der Waals surface area (Å²) in [7, 11) is 0. The second-order valence-corrected chi connectivity index (χ2v) is 4.55. The molecule has 3 heteroatoms. The molecule has 0 radical (unpaired) electrons. The van der Waals surface area contributed by atoms with Crippen molar-refractivity contribution in [2.75, 3.05) is 6.61 Å². The molecule has 0 spiro atoms. The first-order valence-electron chi connectivity index (χ1n) is 6.78. The highest BCUT2D eigenvalue weighted by atomic mass is 16.5. The Labute approximate surface area is 113 Å². The highest BCUT2D eigenvalue weighted by molar-refractivity contribution is 5.84. The molecule has 1 aromatic carbocycles. The molecule has 1 aromatic heterocycles. The molecule has 0 aliphatic rings. The van der Waals surface area contributed by atoms with E-state index in [9.17, 15) is 0 Å². The summed E-state index contributed by atoms with van der Waals surface area (Å²) in [5.41, 5.74) is 1.20. The zero-order valence-corrected chi connectivity index (χ0v) is 11.2. The second kappa shape index (κ2) is 6.75. The Morgan fingerprint density at radius 1 is 1.16 bits per heavy atom. The van der Waals surface area contributed by atoms with Crippen LogP contribution in [0.1, 0.15) is 38.3 Å². The quantitative estimate of drug-likeness (QED) is 0.730. The van der Waals surface area contributed by atoms with Gasteiger partial charge in [-0.05, 0) is 24.6 Å². The number of benzene rings is 1. The number of hydrogen-bond acceptors (Lipinski definition) is 3. The van der Waals surface area contributed by atoms with E-state index in [4.69, 9.17) is 10.00 Å². The van der Waals surface area contributed by atoms with Crippen LogP contribution in [0.5, 0.6) is 5.75 Å². The van der Waals surface area contributed by atoms with Crippen molar-refractivity contribution in [3.8, 4) is 11.8 Å². The number of aromatic nitrogens is 1. The van der Waals surface area contributed by atoms with Crippen molar-refractivity contribution in [1.29, 1.82) is 5.26 Å². The number of nitriles is 1. The summed E-state index contributed by atoms with van der Waals surface area (Å²) < 4.78 is 5.79. The molecule has 0 saturated carbocycles. The molecule has 1 heterocycles. The van der Waals surface area contributed by atoms with E-state index in [-0.39, 0.29) is 0 Å². The van der Waals surface area contributed by atoms with E-state index < -0.39 is 0 Å². The van der Waals surface area contributed by atoms with Gasteiger partial charge in [-0.2, -0.15) is 5.26 Å². The number of ether oxygens (including phenoxy) is 1. The van der Waals surface area contributed by atoms with Crippen LogP contribution in [0.15, 0.2) is 30.3 Å². The van der Waals surface area contributed by atoms with Gasteiger partial charge in [-0.25, -0.2) is 4.98 Å². The molecule has 3 nitrogen and oxygen atoms in total. The molecule has 0 fully saturated rings. The van der Waals surface area contributed by atoms with Gasteiger partial charge < -0.3 is 4.74 Å². The molecule has 98 valence electrons. The summed E-state index contributed by atoms with van der Waals surface area (Å²) in [6.07, 6.45) is 4.72. The van der Waals surface area contributed by atoms with Gasteiger partial charge in [-0.3, -0.25) is 0 Å². The Hall–Kier alpha value is -2.08. The fourth-order valence-corrected chi connectivity index (χ4v) is 2.01. The van der Waals surface area contributed by atoms with Crippen molar-refractivity contribution in [3.63, 3.8) is 0 Å². The van der Waals surface area contributed by atoms with Crippen LogP contribution in [0.2, 0.25) is 0 Å². The summed E-state index contributed by atoms with van der Waals surface area (Å²) in [6, 6.07) is 11.5. The lowest BCUT2D eigenvalue weighted by atomic mass is 10.2. The molecule has 0 bridgehead atoms. The predicted octanol–water partition coefficient (Wildman–Crippen LogP) is 4.07. The van der Waals surface area contributed by atoms with E-state index in [2.05, 4.69) is 18.0 Å². The molecular weight excluding hydrogens is 236 g/mol. The first kappa shape index (κ1) is 13.4. The SMILES string of the molecule is CCCCCCOc1cccc2ccc(C#N)nc12. The zero-order chi connectivity index (χ0) is 13.5. The lowest BCUT2D eigenvalue weighted by Gasteiger charge is -2.08. The fourth-order valence-electron chi connectivity index (χ4n) is 2.01. The average molecular weight is 254 g/mol. The molecule has 2 rings (SSSR count). The normalized spacial score (nSPS) is 10.3. The Bertz CT molecular complexity index is 587. The van der Waals surface area contributed by atoms with Gasteiger partial charge >= 0.3 is 0 Å². The maximum Gasteiger partial charge on any atom is 0.145 e. The molecule has 0 amide bonds. The minimum absolute atomic E-state index is 0.425. The standard InChI is InChI=1S/C16H18N2O/c1-2-3-4-5-11-19-15-8-6-7-13-9-10-14(12-17)18-16(13)15/h6-10H,2-5,11H2,1H3. The summed E-state index contributed by atoms with van der Waals surface area (Å²) in [5.74, 6) is 0.770. The molecule has 0 N–H and O–H groups in total. The zero-order valence-electron chi connectivity index (χ0n) is 11.2. The first-order valence-corrected chi connectivity index (χ1v) is 6.78. The maximum atomic E-state index is 8.91. The van der Waals surface area contributed by atoms with E-state index in [1.54, 1.807) is 6.07 Å². The average Bonchev–Trinajstić information content (AvgIpc) is 2.46. The highest BCUT2D eigenvalue weighted by Crippen LogP contribution is 2.24. The molecule has 19 heavy (non-hydrogen) atoms. The maximum absolute atomic E-state index is 8.91. The minimum atomic E-state index is 0.425. The van der Waals surface area contributed by atoms with Crippen molar-refractivity contribution >= 4 is 10.9 Å². The number of rotatable bonds is 6. The second-order valence-electron chi connectivity index (χ2n) is 4.55. The highest BCUT2D eigenvalue weighted by Gasteiger charge is 2.04. The molecular formula is C16H18N2O. The molecule has 0 unspecified atom stereocenters. The van der Waals surface area contributed by atoms with Crippen LogP contribution in [-0.4, -0.2) is 11.6 Å². The molecule has 0 aliphatic heterocycles. The van der Waals surface area contributed by atoms with Crippen molar-refractivity contribution < 1.29 is 4.74 Å². The van der Waals surface area contributed by atoms with Crippen LogP contribution in [0.4, 0.5) is 0 Å². The van der Waals surface area contributed by atoms with Crippen molar-refractivity contribution in [3.05, 3.63) is 36.0 Å². The third-order valence-corrected chi connectivity index (χ3v) is 3.05. The number of nitrogens with zero attached hydrogens (tertiary/aromatic N) is 2. The lowest BCUT2D eigenvalue weighted by Crippen LogP contribution is -1.99. The van der Waals surface area contributed by atoms with Crippen LogP contribution in [-0.2, 0) is 0 Å². The van der Waals surface area contributed by atoms with E-state index in [1.165, 1.54) is 19.3 Å². The van der Waals surface area contributed by atoms with Crippen LogP contribution < -0.4 is 4.74 Å². The van der Waals surface area contributed by atoms with Gasteiger partial charge in [-0.1, -0.05) is 38.3 Å². The number of fused-ring (bicyclic) bond motifs is 1. The van der Waals surface area contributed by atoms with Crippen molar-refractivity contribution in [2.24, 2.45) is 0 Å². The van der Waals surface area contributed by atoms with E-state index in [1.807, 2.05) is 24.3 Å². The summed E-state index contributed by atoms with van der Waals surface area (Å²) in [5, 5.41) is 9.91. The third kappa shape index (κ3) is 3.45. The largest absolute Gasteiger partial charge is 0.491 e. The van der Waals surface area contributed by atoms with Crippen LogP contribution in [0.3, 0.4) is 0 Å². The van der Waals surface area contributed by atoms with E-state index in [0.29, 0.717) is 12.3 Å². The predicted molar refractivity (Wildman–Crippen MR) is 76.1 cm³/mol. The number of para-hydroxylation sites is 1. The number of hydrogen-bond donors (Lipinski definition) is 0. The number of pyridine rings is 1.